The van der Waals surface area contributed by atoms with Gasteiger partial charge >= 0.3 is 0 Å². The number of benzene rings is 2. The van der Waals surface area contributed by atoms with Gasteiger partial charge in [-0.25, -0.2) is 0 Å². The normalized spacial score (nSPS) is 16.3. The second-order valence-electron chi connectivity index (χ2n) is 7.87. The molecule has 3 rings (SSSR count). The molecule has 0 spiro atoms. The number of hydrogen-bond donors (Lipinski definition) is 2. The van der Waals surface area contributed by atoms with E-state index in [2.05, 4.69) is 22.4 Å². The van der Waals surface area contributed by atoms with Gasteiger partial charge in [-0.1, -0.05) is 12.1 Å². The van der Waals surface area contributed by atoms with Gasteiger partial charge in [0.25, 0.3) is 0 Å². The standard InChI is InChI=1S/C24H33N3O3/c1-4-29-21-9-5-19(6-10-21)24(13-15-28-16-14-24)17-26-23(25)27-20-7-11-22(12-8-20)30-18(2)3/h5-12,18H,4,13-17H2,1-3H3,(H3,25,26,27). The van der Waals surface area contributed by atoms with Crippen LogP contribution in [0.4, 0.5) is 5.69 Å². The molecule has 0 atom stereocenters. The van der Waals surface area contributed by atoms with Crippen LogP contribution in [0.5, 0.6) is 11.5 Å². The average molecular weight is 412 g/mol. The lowest BCUT2D eigenvalue weighted by Gasteiger charge is -2.36. The third-order valence-corrected chi connectivity index (χ3v) is 5.28. The molecule has 1 saturated heterocycles. The van der Waals surface area contributed by atoms with Crippen LogP contribution >= 0.6 is 0 Å². The Morgan fingerprint density at radius 2 is 1.70 bits per heavy atom. The number of rotatable bonds is 8. The zero-order chi connectivity index (χ0) is 21.4. The minimum absolute atomic E-state index is 0.0791. The van der Waals surface area contributed by atoms with Gasteiger partial charge in [-0.15, -0.1) is 0 Å². The highest BCUT2D eigenvalue weighted by Crippen LogP contribution is 2.36. The van der Waals surface area contributed by atoms with Crippen molar-refractivity contribution in [2.45, 2.75) is 45.1 Å². The van der Waals surface area contributed by atoms with E-state index in [9.17, 15) is 0 Å². The quantitative estimate of drug-likeness (QED) is 0.499. The van der Waals surface area contributed by atoms with Gasteiger partial charge in [0.15, 0.2) is 5.96 Å². The number of aliphatic imine (C=N–C) groups is 1. The van der Waals surface area contributed by atoms with Gasteiger partial charge in [-0.2, -0.15) is 0 Å². The summed E-state index contributed by atoms with van der Waals surface area (Å²) in [6.45, 7) is 8.73. The fraction of sp³-hybridized carbons (Fsp3) is 0.458. The minimum atomic E-state index is -0.0791. The number of guanidine groups is 1. The zero-order valence-corrected chi connectivity index (χ0v) is 18.2. The third kappa shape index (κ3) is 5.89. The van der Waals surface area contributed by atoms with Crippen LogP contribution in [-0.2, 0) is 10.2 Å². The summed E-state index contributed by atoms with van der Waals surface area (Å²) in [6, 6.07) is 16.1. The third-order valence-electron chi connectivity index (χ3n) is 5.28. The summed E-state index contributed by atoms with van der Waals surface area (Å²) in [5, 5.41) is 3.18. The number of nitrogens with two attached hydrogens (primary N) is 1. The minimum Gasteiger partial charge on any atom is -0.494 e. The first kappa shape index (κ1) is 22.0. The Kier molecular flexibility index (Phi) is 7.57. The van der Waals surface area contributed by atoms with Crippen molar-refractivity contribution in [3.8, 4) is 11.5 Å². The molecule has 0 bridgehead atoms. The number of nitrogens with one attached hydrogen (secondary N) is 1. The summed E-state index contributed by atoms with van der Waals surface area (Å²) in [6.07, 6.45) is 1.98. The van der Waals surface area contributed by atoms with Crippen molar-refractivity contribution in [3.05, 3.63) is 54.1 Å². The maximum absolute atomic E-state index is 6.20. The van der Waals surface area contributed by atoms with Crippen LogP contribution in [0.25, 0.3) is 0 Å². The number of nitrogens with zero attached hydrogens (tertiary/aromatic N) is 1. The molecular formula is C24H33N3O3. The molecule has 6 nitrogen and oxygen atoms in total. The van der Waals surface area contributed by atoms with Crippen molar-refractivity contribution in [1.29, 1.82) is 0 Å². The highest BCUT2D eigenvalue weighted by atomic mass is 16.5. The van der Waals surface area contributed by atoms with Gasteiger partial charge in [-0.05, 0) is 75.6 Å². The fourth-order valence-corrected chi connectivity index (χ4v) is 3.68. The Morgan fingerprint density at radius 3 is 2.30 bits per heavy atom. The van der Waals surface area contributed by atoms with Crippen molar-refractivity contribution in [2.75, 3.05) is 31.7 Å². The highest BCUT2D eigenvalue weighted by molar-refractivity contribution is 5.92. The maximum atomic E-state index is 6.20. The molecule has 1 fully saturated rings. The Balaban J connectivity index is 1.69. The van der Waals surface area contributed by atoms with Gasteiger partial charge < -0.3 is 25.3 Å². The van der Waals surface area contributed by atoms with Crippen LogP contribution in [0.3, 0.4) is 0 Å². The Bertz CT molecular complexity index is 811. The number of hydrogen-bond acceptors (Lipinski definition) is 4. The second-order valence-corrected chi connectivity index (χ2v) is 7.87. The smallest absolute Gasteiger partial charge is 0.193 e. The van der Waals surface area contributed by atoms with Crippen molar-refractivity contribution >= 4 is 11.6 Å². The lowest BCUT2D eigenvalue weighted by atomic mass is 9.74. The molecule has 30 heavy (non-hydrogen) atoms. The summed E-state index contributed by atoms with van der Waals surface area (Å²) >= 11 is 0. The van der Waals surface area contributed by atoms with Crippen LogP contribution in [0.15, 0.2) is 53.5 Å². The Labute approximate surface area is 179 Å². The maximum Gasteiger partial charge on any atom is 0.193 e. The molecule has 0 aliphatic carbocycles. The van der Waals surface area contributed by atoms with Crippen LogP contribution < -0.4 is 20.5 Å². The van der Waals surface area contributed by atoms with Crippen LogP contribution in [-0.4, -0.2) is 38.4 Å². The molecule has 3 N–H and O–H groups in total. The van der Waals surface area contributed by atoms with E-state index in [1.807, 2.05) is 57.2 Å². The molecule has 6 heteroatoms. The molecule has 1 aliphatic heterocycles. The molecule has 0 unspecified atom stereocenters. The van der Waals surface area contributed by atoms with Gasteiger partial charge in [0, 0.05) is 24.3 Å². The monoisotopic (exact) mass is 411 g/mol. The second kappa shape index (κ2) is 10.3. The Morgan fingerprint density at radius 1 is 1.07 bits per heavy atom. The van der Waals surface area contributed by atoms with E-state index in [-0.39, 0.29) is 11.5 Å². The lowest BCUT2D eigenvalue weighted by molar-refractivity contribution is 0.0531. The van der Waals surface area contributed by atoms with Crippen molar-refractivity contribution < 1.29 is 14.2 Å². The molecule has 0 amide bonds. The van der Waals surface area contributed by atoms with E-state index >= 15 is 0 Å². The van der Waals surface area contributed by atoms with Gasteiger partial charge in [0.05, 0.1) is 19.3 Å². The average Bonchev–Trinajstić information content (AvgIpc) is 2.75. The van der Waals surface area contributed by atoms with Crippen molar-refractivity contribution in [1.82, 2.24) is 0 Å². The van der Waals surface area contributed by atoms with Gasteiger partial charge in [0.1, 0.15) is 11.5 Å². The van der Waals surface area contributed by atoms with E-state index in [1.54, 1.807) is 0 Å². The lowest BCUT2D eigenvalue weighted by Crippen LogP contribution is -2.38. The predicted molar refractivity (Wildman–Crippen MR) is 122 cm³/mol. The zero-order valence-electron chi connectivity index (χ0n) is 18.2. The van der Waals surface area contributed by atoms with E-state index in [4.69, 9.17) is 19.9 Å². The summed E-state index contributed by atoms with van der Waals surface area (Å²) in [4.78, 5) is 4.69. The first-order chi connectivity index (χ1) is 14.5. The SMILES string of the molecule is CCOc1ccc(C2(CN=C(N)Nc3ccc(OC(C)C)cc3)CCOCC2)cc1. The molecule has 1 aliphatic rings. The molecular weight excluding hydrogens is 378 g/mol. The number of anilines is 1. The molecule has 2 aromatic carbocycles. The summed E-state index contributed by atoms with van der Waals surface area (Å²) in [7, 11) is 0. The molecule has 0 radical (unpaired) electrons. The van der Waals surface area contributed by atoms with Gasteiger partial charge in [-0.3, -0.25) is 4.99 Å². The Hall–Kier alpha value is -2.73. The van der Waals surface area contributed by atoms with E-state index in [1.165, 1.54) is 5.56 Å². The van der Waals surface area contributed by atoms with Crippen LogP contribution in [0, 0.1) is 0 Å². The first-order valence-corrected chi connectivity index (χ1v) is 10.7. The summed E-state index contributed by atoms with van der Waals surface area (Å²) in [5.41, 5.74) is 8.25. The molecule has 162 valence electrons. The van der Waals surface area contributed by atoms with Crippen molar-refractivity contribution in [2.24, 2.45) is 10.7 Å². The first-order valence-electron chi connectivity index (χ1n) is 10.7. The summed E-state index contributed by atoms with van der Waals surface area (Å²) < 4.78 is 16.9. The largest absolute Gasteiger partial charge is 0.494 e. The predicted octanol–water partition coefficient (Wildman–Crippen LogP) is 4.35. The van der Waals surface area contributed by atoms with Crippen LogP contribution in [0.2, 0.25) is 0 Å². The molecule has 2 aromatic rings. The molecule has 0 aromatic heterocycles. The van der Waals surface area contributed by atoms with Gasteiger partial charge in [0.2, 0.25) is 0 Å². The van der Waals surface area contributed by atoms with Crippen molar-refractivity contribution in [3.63, 3.8) is 0 Å². The molecule has 1 heterocycles. The number of ether oxygens (including phenoxy) is 3. The molecule has 0 saturated carbocycles. The fourth-order valence-electron chi connectivity index (χ4n) is 3.68. The van der Waals surface area contributed by atoms with E-state index in [0.717, 1.165) is 43.2 Å². The van der Waals surface area contributed by atoms with Crippen LogP contribution in [0.1, 0.15) is 39.2 Å². The van der Waals surface area contributed by atoms with E-state index < -0.39 is 0 Å². The topological polar surface area (TPSA) is 78.1 Å². The summed E-state index contributed by atoms with van der Waals surface area (Å²) in [5.74, 6) is 2.13. The van der Waals surface area contributed by atoms with E-state index in [0.29, 0.717) is 19.1 Å². The highest BCUT2D eigenvalue weighted by Gasteiger charge is 2.34.